The highest BCUT2D eigenvalue weighted by Gasteiger charge is 2.19. The van der Waals surface area contributed by atoms with Crippen LogP contribution in [0.3, 0.4) is 0 Å². The molecule has 0 unspecified atom stereocenters. The fourth-order valence-corrected chi connectivity index (χ4v) is 2.71. The van der Waals surface area contributed by atoms with Gasteiger partial charge in [0.05, 0.1) is 17.0 Å². The number of aromatic carboxylic acids is 1. The van der Waals surface area contributed by atoms with Crippen LogP contribution >= 0.6 is 0 Å². The molecule has 0 saturated carbocycles. The van der Waals surface area contributed by atoms with Crippen molar-refractivity contribution in [1.29, 1.82) is 0 Å². The molecule has 3 rings (SSSR count). The van der Waals surface area contributed by atoms with Crippen LogP contribution in [0.15, 0.2) is 48.5 Å². The first-order valence-corrected chi connectivity index (χ1v) is 7.99. The van der Waals surface area contributed by atoms with Crippen molar-refractivity contribution in [2.75, 3.05) is 0 Å². The Morgan fingerprint density at radius 3 is 2.24 bits per heavy atom. The summed E-state index contributed by atoms with van der Waals surface area (Å²) in [7, 11) is 0. The SMILES string of the molecule is CC(C)(C)c1cc(-c2cc(-c3ccc(C(=O)O)cc3)[nH]n2)ccc1O. The van der Waals surface area contributed by atoms with Gasteiger partial charge in [-0.2, -0.15) is 5.10 Å². The number of benzene rings is 2. The number of aromatic hydroxyl groups is 1. The standard InChI is InChI=1S/C20H20N2O3/c1-20(2,3)15-10-14(8-9-18(15)23)17-11-16(21-22-17)12-4-6-13(7-5-12)19(24)25/h4-11,23H,1-3H3,(H,21,22)(H,24,25). The Hall–Kier alpha value is -3.08. The molecule has 0 bridgehead atoms. The lowest BCUT2D eigenvalue weighted by molar-refractivity contribution is 0.0697. The second-order valence-corrected chi connectivity index (χ2v) is 7.03. The zero-order chi connectivity index (χ0) is 18.2. The van der Waals surface area contributed by atoms with E-state index < -0.39 is 5.97 Å². The molecule has 0 saturated heterocycles. The first kappa shape index (κ1) is 16.8. The number of carboxylic acid groups (broad SMARTS) is 1. The van der Waals surface area contributed by atoms with Gasteiger partial charge in [0.2, 0.25) is 0 Å². The Labute approximate surface area is 146 Å². The van der Waals surface area contributed by atoms with E-state index in [4.69, 9.17) is 5.11 Å². The Morgan fingerprint density at radius 1 is 1.00 bits per heavy atom. The molecule has 1 aromatic heterocycles. The van der Waals surface area contributed by atoms with Crippen molar-refractivity contribution < 1.29 is 15.0 Å². The summed E-state index contributed by atoms with van der Waals surface area (Å²) in [6, 6.07) is 14.0. The molecule has 25 heavy (non-hydrogen) atoms. The van der Waals surface area contributed by atoms with Crippen molar-refractivity contribution >= 4 is 5.97 Å². The van der Waals surface area contributed by atoms with E-state index in [9.17, 15) is 9.90 Å². The predicted octanol–water partition coefficient (Wildman–Crippen LogP) is 4.45. The number of phenolic OH excluding ortho intramolecular Hbond substituents is 1. The Bertz CT molecular complexity index is 919. The topological polar surface area (TPSA) is 86.2 Å². The number of aromatic amines is 1. The Kier molecular flexibility index (Phi) is 4.08. The number of aromatic nitrogens is 2. The molecule has 1 heterocycles. The van der Waals surface area contributed by atoms with E-state index in [1.807, 2.05) is 39.0 Å². The van der Waals surface area contributed by atoms with Gasteiger partial charge in [0.1, 0.15) is 5.75 Å². The Morgan fingerprint density at radius 2 is 1.64 bits per heavy atom. The van der Waals surface area contributed by atoms with E-state index in [-0.39, 0.29) is 16.7 Å². The number of hydrogen-bond donors (Lipinski definition) is 3. The summed E-state index contributed by atoms with van der Waals surface area (Å²) >= 11 is 0. The molecule has 128 valence electrons. The van der Waals surface area contributed by atoms with E-state index in [2.05, 4.69) is 10.2 Å². The molecule has 0 spiro atoms. The second-order valence-electron chi connectivity index (χ2n) is 7.03. The van der Waals surface area contributed by atoms with Crippen LogP contribution in [-0.4, -0.2) is 26.4 Å². The predicted molar refractivity (Wildman–Crippen MR) is 96.8 cm³/mol. The average Bonchev–Trinajstić information content (AvgIpc) is 3.04. The van der Waals surface area contributed by atoms with Gasteiger partial charge in [0, 0.05) is 5.56 Å². The highest BCUT2D eigenvalue weighted by molar-refractivity contribution is 5.88. The minimum Gasteiger partial charge on any atom is -0.508 e. The Balaban J connectivity index is 1.95. The van der Waals surface area contributed by atoms with Crippen molar-refractivity contribution in [3.05, 3.63) is 59.7 Å². The molecule has 5 heteroatoms. The lowest BCUT2D eigenvalue weighted by Crippen LogP contribution is -2.11. The van der Waals surface area contributed by atoms with Gasteiger partial charge in [-0.3, -0.25) is 5.10 Å². The monoisotopic (exact) mass is 336 g/mol. The van der Waals surface area contributed by atoms with E-state index in [1.54, 1.807) is 30.3 Å². The quantitative estimate of drug-likeness (QED) is 0.660. The van der Waals surface area contributed by atoms with Crippen molar-refractivity contribution in [2.24, 2.45) is 0 Å². The number of phenols is 1. The summed E-state index contributed by atoms with van der Waals surface area (Å²) in [6.45, 7) is 6.14. The maximum atomic E-state index is 10.9. The molecule has 5 nitrogen and oxygen atoms in total. The fourth-order valence-electron chi connectivity index (χ4n) is 2.71. The molecule has 0 atom stereocenters. The third-order valence-electron chi connectivity index (χ3n) is 4.12. The zero-order valence-electron chi connectivity index (χ0n) is 14.4. The minimum atomic E-state index is -0.948. The van der Waals surface area contributed by atoms with Crippen molar-refractivity contribution in [1.82, 2.24) is 10.2 Å². The van der Waals surface area contributed by atoms with Crippen LogP contribution in [0.4, 0.5) is 0 Å². The summed E-state index contributed by atoms with van der Waals surface area (Å²) in [5, 5.41) is 26.4. The van der Waals surface area contributed by atoms with Gasteiger partial charge < -0.3 is 10.2 Å². The van der Waals surface area contributed by atoms with Gasteiger partial charge in [-0.1, -0.05) is 32.9 Å². The van der Waals surface area contributed by atoms with Crippen molar-refractivity contribution in [3.63, 3.8) is 0 Å². The number of H-pyrrole nitrogens is 1. The van der Waals surface area contributed by atoms with Crippen LogP contribution < -0.4 is 0 Å². The molecule has 0 aliphatic rings. The first-order chi connectivity index (χ1) is 11.8. The third kappa shape index (κ3) is 3.40. The molecule has 0 aliphatic carbocycles. The van der Waals surface area contributed by atoms with Gasteiger partial charge in [0.15, 0.2) is 0 Å². The number of carboxylic acids is 1. The third-order valence-corrected chi connectivity index (χ3v) is 4.12. The lowest BCUT2D eigenvalue weighted by Gasteiger charge is -2.20. The van der Waals surface area contributed by atoms with Crippen molar-refractivity contribution in [3.8, 4) is 28.3 Å². The fraction of sp³-hybridized carbons (Fsp3) is 0.200. The molecule has 0 aliphatic heterocycles. The van der Waals surface area contributed by atoms with Crippen LogP contribution in [0.2, 0.25) is 0 Å². The minimum absolute atomic E-state index is 0.175. The van der Waals surface area contributed by atoms with Gasteiger partial charge in [-0.15, -0.1) is 0 Å². The van der Waals surface area contributed by atoms with E-state index in [1.165, 1.54) is 0 Å². The van der Waals surface area contributed by atoms with Crippen LogP contribution in [0.1, 0.15) is 36.7 Å². The van der Waals surface area contributed by atoms with Crippen LogP contribution in [0.25, 0.3) is 22.5 Å². The molecular weight excluding hydrogens is 316 g/mol. The highest BCUT2D eigenvalue weighted by atomic mass is 16.4. The maximum absolute atomic E-state index is 10.9. The maximum Gasteiger partial charge on any atom is 0.335 e. The first-order valence-electron chi connectivity index (χ1n) is 7.99. The number of nitrogens with one attached hydrogen (secondary N) is 1. The summed E-state index contributed by atoms with van der Waals surface area (Å²) in [5.41, 5.74) is 4.27. The summed E-state index contributed by atoms with van der Waals surface area (Å²) in [5.74, 6) is -0.674. The normalized spacial score (nSPS) is 11.5. The van der Waals surface area contributed by atoms with E-state index in [0.29, 0.717) is 0 Å². The summed E-state index contributed by atoms with van der Waals surface area (Å²) in [6.07, 6.45) is 0. The smallest absolute Gasteiger partial charge is 0.335 e. The summed E-state index contributed by atoms with van der Waals surface area (Å²) in [4.78, 5) is 10.9. The molecule has 2 aromatic carbocycles. The second kappa shape index (κ2) is 6.09. The molecule has 0 amide bonds. The van der Waals surface area contributed by atoms with Gasteiger partial charge in [0.25, 0.3) is 0 Å². The number of nitrogens with zero attached hydrogens (tertiary/aromatic N) is 1. The van der Waals surface area contributed by atoms with Crippen LogP contribution in [0.5, 0.6) is 5.75 Å². The van der Waals surface area contributed by atoms with Gasteiger partial charge in [-0.05, 0) is 52.9 Å². The van der Waals surface area contributed by atoms with Crippen LogP contribution in [-0.2, 0) is 5.41 Å². The molecule has 0 radical (unpaired) electrons. The highest BCUT2D eigenvalue weighted by Crippen LogP contribution is 2.34. The average molecular weight is 336 g/mol. The van der Waals surface area contributed by atoms with Crippen molar-refractivity contribution in [2.45, 2.75) is 26.2 Å². The molecule has 3 N–H and O–H groups in total. The van der Waals surface area contributed by atoms with E-state index in [0.717, 1.165) is 28.1 Å². The van der Waals surface area contributed by atoms with Gasteiger partial charge in [-0.25, -0.2) is 4.79 Å². The number of rotatable bonds is 3. The lowest BCUT2D eigenvalue weighted by atomic mass is 9.85. The molecule has 3 aromatic rings. The number of hydrogen-bond acceptors (Lipinski definition) is 3. The molecular formula is C20H20N2O3. The number of carbonyl (C=O) groups is 1. The van der Waals surface area contributed by atoms with E-state index >= 15 is 0 Å². The largest absolute Gasteiger partial charge is 0.508 e. The summed E-state index contributed by atoms with van der Waals surface area (Å²) < 4.78 is 0. The van der Waals surface area contributed by atoms with Crippen LogP contribution in [0, 0.1) is 0 Å². The molecule has 0 fully saturated rings. The van der Waals surface area contributed by atoms with Gasteiger partial charge >= 0.3 is 5.97 Å². The zero-order valence-corrected chi connectivity index (χ0v) is 14.4.